The molecule has 1 aromatic heterocycles. The van der Waals surface area contributed by atoms with E-state index in [-0.39, 0.29) is 0 Å². The van der Waals surface area contributed by atoms with Gasteiger partial charge in [0.1, 0.15) is 0 Å². The summed E-state index contributed by atoms with van der Waals surface area (Å²) in [5.74, 6) is 0. The smallest absolute Gasteiger partial charge is 0.235 e. The minimum Gasteiger partial charge on any atom is -0.361 e. The average molecular weight is 186 g/mol. The number of benzene rings is 1. The summed E-state index contributed by atoms with van der Waals surface area (Å²) in [6, 6.07) is 6.00. The summed E-state index contributed by atoms with van der Waals surface area (Å²) in [5.41, 5.74) is 3.35. The summed E-state index contributed by atoms with van der Waals surface area (Å²) in [6.45, 7) is 2.45. The molecule has 3 nitrogen and oxygen atoms in total. The first-order valence-corrected chi connectivity index (χ1v) is 4.41. The number of fused-ring (bicyclic) bond motifs is 1. The van der Waals surface area contributed by atoms with Crippen LogP contribution in [0.3, 0.4) is 0 Å². The van der Waals surface area contributed by atoms with E-state index in [1.807, 2.05) is 31.3 Å². The second-order valence-electron chi connectivity index (χ2n) is 3.26. The molecular weight excluding hydrogens is 176 g/mol. The van der Waals surface area contributed by atoms with Gasteiger partial charge in [-0.25, -0.2) is 9.79 Å². The number of isocyanates is 1. The highest BCUT2D eigenvalue weighted by Gasteiger charge is 2.00. The van der Waals surface area contributed by atoms with Crippen LogP contribution < -0.4 is 0 Å². The molecule has 0 bridgehead atoms. The van der Waals surface area contributed by atoms with Crippen molar-refractivity contribution in [2.75, 3.05) is 0 Å². The van der Waals surface area contributed by atoms with Gasteiger partial charge in [-0.05, 0) is 30.2 Å². The lowest BCUT2D eigenvalue weighted by Gasteiger charge is -1.96. The topological polar surface area (TPSA) is 45.2 Å². The van der Waals surface area contributed by atoms with Crippen LogP contribution in [0.4, 0.5) is 0 Å². The predicted molar refractivity (Wildman–Crippen MR) is 54.9 cm³/mol. The van der Waals surface area contributed by atoms with Gasteiger partial charge in [-0.15, -0.1) is 0 Å². The van der Waals surface area contributed by atoms with Gasteiger partial charge in [-0.1, -0.05) is 6.07 Å². The van der Waals surface area contributed by atoms with Gasteiger partial charge in [-0.2, -0.15) is 0 Å². The number of aryl methyl sites for hydroxylation is 1. The Morgan fingerprint density at radius 3 is 3.14 bits per heavy atom. The first kappa shape index (κ1) is 8.73. The SMILES string of the molecule is Cc1c[nH]c2ccc(CN=C=O)cc12. The number of hydrogen-bond acceptors (Lipinski definition) is 2. The molecule has 0 saturated carbocycles. The van der Waals surface area contributed by atoms with E-state index in [2.05, 4.69) is 9.98 Å². The summed E-state index contributed by atoms with van der Waals surface area (Å²) < 4.78 is 0. The van der Waals surface area contributed by atoms with Crippen LogP contribution in [0, 0.1) is 6.92 Å². The van der Waals surface area contributed by atoms with E-state index in [0.29, 0.717) is 6.54 Å². The Labute approximate surface area is 81.5 Å². The van der Waals surface area contributed by atoms with E-state index in [1.165, 1.54) is 17.0 Å². The average Bonchev–Trinajstić information content (AvgIpc) is 2.57. The molecule has 0 fully saturated rings. The van der Waals surface area contributed by atoms with Crippen molar-refractivity contribution in [1.82, 2.24) is 4.98 Å². The minimum atomic E-state index is 0.407. The first-order valence-electron chi connectivity index (χ1n) is 4.41. The molecule has 0 aliphatic heterocycles. The molecule has 0 amide bonds. The number of rotatable bonds is 2. The predicted octanol–water partition coefficient (Wildman–Crippen LogP) is 2.31. The molecule has 0 unspecified atom stereocenters. The lowest BCUT2D eigenvalue weighted by Crippen LogP contribution is -1.80. The third-order valence-corrected chi connectivity index (χ3v) is 2.28. The maximum absolute atomic E-state index is 9.96. The van der Waals surface area contributed by atoms with E-state index in [1.54, 1.807) is 0 Å². The molecule has 2 rings (SSSR count). The van der Waals surface area contributed by atoms with Gasteiger partial charge in [0.05, 0.1) is 6.54 Å². The van der Waals surface area contributed by atoms with Gasteiger partial charge >= 0.3 is 0 Å². The molecular formula is C11H10N2O. The van der Waals surface area contributed by atoms with E-state index in [9.17, 15) is 4.79 Å². The molecule has 0 spiro atoms. The van der Waals surface area contributed by atoms with E-state index < -0.39 is 0 Å². The zero-order chi connectivity index (χ0) is 9.97. The Balaban J connectivity index is 2.48. The molecule has 1 heterocycles. The van der Waals surface area contributed by atoms with E-state index >= 15 is 0 Å². The van der Waals surface area contributed by atoms with Crippen LogP contribution in [-0.4, -0.2) is 11.1 Å². The highest BCUT2D eigenvalue weighted by molar-refractivity contribution is 5.83. The monoisotopic (exact) mass is 186 g/mol. The number of aromatic nitrogens is 1. The second-order valence-corrected chi connectivity index (χ2v) is 3.26. The van der Waals surface area contributed by atoms with Gasteiger partial charge < -0.3 is 4.98 Å². The van der Waals surface area contributed by atoms with Crippen LogP contribution in [0.25, 0.3) is 10.9 Å². The van der Waals surface area contributed by atoms with Gasteiger partial charge in [0.15, 0.2) is 0 Å². The third kappa shape index (κ3) is 1.45. The first-order chi connectivity index (χ1) is 6.81. The number of hydrogen-bond donors (Lipinski definition) is 1. The summed E-state index contributed by atoms with van der Waals surface area (Å²) in [4.78, 5) is 16.7. The van der Waals surface area contributed by atoms with E-state index in [0.717, 1.165) is 11.1 Å². The maximum Gasteiger partial charge on any atom is 0.235 e. The Morgan fingerprint density at radius 1 is 1.50 bits per heavy atom. The Bertz CT molecular complexity index is 507. The zero-order valence-electron chi connectivity index (χ0n) is 7.87. The van der Waals surface area contributed by atoms with E-state index in [4.69, 9.17) is 0 Å². The Kier molecular flexibility index (Phi) is 2.17. The maximum atomic E-state index is 9.96. The van der Waals surface area contributed by atoms with Crippen molar-refractivity contribution >= 4 is 17.0 Å². The molecule has 1 N–H and O–H groups in total. The van der Waals surface area contributed by atoms with Crippen LogP contribution in [0.15, 0.2) is 29.4 Å². The Hall–Kier alpha value is -1.86. The molecule has 3 heteroatoms. The normalized spacial score (nSPS) is 10.1. The van der Waals surface area contributed by atoms with Crippen molar-refractivity contribution in [2.45, 2.75) is 13.5 Å². The molecule has 0 radical (unpaired) electrons. The minimum absolute atomic E-state index is 0.407. The lowest BCUT2D eigenvalue weighted by molar-refractivity contribution is 0.563. The molecule has 0 aliphatic rings. The highest BCUT2D eigenvalue weighted by atomic mass is 16.1. The summed E-state index contributed by atoms with van der Waals surface area (Å²) in [5, 5.41) is 1.18. The van der Waals surface area contributed by atoms with Gasteiger partial charge in [0.25, 0.3) is 0 Å². The fourth-order valence-electron chi connectivity index (χ4n) is 1.53. The van der Waals surface area contributed by atoms with Crippen molar-refractivity contribution in [3.63, 3.8) is 0 Å². The number of carbonyl (C=O) groups excluding carboxylic acids is 1. The molecule has 14 heavy (non-hydrogen) atoms. The third-order valence-electron chi connectivity index (χ3n) is 2.28. The molecule has 70 valence electrons. The summed E-state index contributed by atoms with van der Waals surface area (Å²) >= 11 is 0. The highest BCUT2D eigenvalue weighted by Crippen LogP contribution is 2.19. The fraction of sp³-hybridized carbons (Fsp3) is 0.182. The number of H-pyrrole nitrogens is 1. The molecule has 2 aromatic rings. The molecule has 0 saturated heterocycles. The van der Waals surface area contributed by atoms with Crippen molar-refractivity contribution in [1.29, 1.82) is 0 Å². The number of nitrogens with zero attached hydrogens (tertiary/aromatic N) is 1. The largest absolute Gasteiger partial charge is 0.361 e. The number of nitrogens with one attached hydrogen (secondary N) is 1. The molecule has 0 aliphatic carbocycles. The van der Waals surface area contributed by atoms with Gasteiger partial charge in [-0.3, -0.25) is 0 Å². The van der Waals surface area contributed by atoms with Gasteiger partial charge in [0.2, 0.25) is 6.08 Å². The van der Waals surface area contributed by atoms with Gasteiger partial charge in [0, 0.05) is 17.1 Å². The standard InChI is InChI=1S/C11H10N2O/c1-8-5-13-11-3-2-9(4-10(8)11)6-12-7-14/h2-5,13H,6H2,1H3. The zero-order valence-corrected chi connectivity index (χ0v) is 7.87. The quantitative estimate of drug-likeness (QED) is 0.567. The Morgan fingerprint density at radius 2 is 2.36 bits per heavy atom. The van der Waals surface area contributed by atoms with Crippen molar-refractivity contribution in [2.24, 2.45) is 4.99 Å². The van der Waals surface area contributed by atoms with Crippen LogP contribution in [0.1, 0.15) is 11.1 Å². The van der Waals surface area contributed by atoms with Crippen molar-refractivity contribution in [3.05, 3.63) is 35.5 Å². The summed E-state index contributed by atoms with van der Waals surface area (Å²) in [6.07, 6.45) is 3.51. The molecule has 0 atom stereocenters. The second kappa shape index (κ2) is 3.48. The molecule has 1 aromatic carbocycles. The van der Waals surface area contributed by atoms with Crippen LogP contribution in [0.5, 0.6) is 0 Å². The van der Waals surface area contributed by atoms with Crippen LogP contribution in [0.2, 0.25) is 0 Å². The lowest BCUT2D eigenvalue weighted by atomic mass is 10.1. The number of aromatic amines is 1. The van der Waals surface area contributed by atoms with Crippen molar-refractivity contribution < 1.29 is 4.79 Å². The van der Waals surface area contributed by atoms with Crippen molar-refractivity contribution in [3.8, 4) is 0 Å². The van der Waals surface area contributed by atoms with Crippen LogP contribution in [-0.2, 0) is 11.3 Å². The summed E-state index contributed by atoms with van der Waals surface area (Å²) in [7, 11) is 0. The van der Waals surface area contributed by atoms with Crippen LogP contribution >= 0.6 is 0 Å². The number of aliphatic imine (C=N–C) groups is 1. The fourth-order valence-corrected chi connectivity index (χ4v) is 1.53.